The summed E-state index contributed by atoms with van der Waals surface area (Å²) < 4.78 is 7.50. The summed E-state index contributed by atoms with van der Waals surface area (Å²) in [5, 5.41) is 2.86. The van der Waals surface area contributed by atoms with Crippen molar-refractivity contribution in [2.24, 2.45) is 7.05 Å². The molecule has 0 bridgehead atoms. The van der Waals surface area contributed by atoms with Gasteiger partial charge >= 0.3 is 0 Å². The van der Waals surface area contributed by atoms with E-state index >= 15 is 0 Å². The van der Waals surface area contributed by atoms with Gasteiger partial charge in [-0.05, 0) is 26.0 Å². The molecule has 1 heterocycles. The Balaban J connectivity index is 2.06. The van der Waals surface area contributed by atoms with E-state index in [1.807, 2.05) is 55.9 Å². The van der Waals surface area contributed by atoms with Gasteiger partial charge in [-0.2, -0.15) is 0 Å². The van der Waals surface area contributed by atoms with E-state index in [1.54, 1.807) is 6.20 Å². The van der Waals surface area contributed by atoms with Crippen LogP contribution in [0.5, 0.6) is 5.75 Å². The molecule has 106 valence electrons. The fraction of sp³-hybridized carbons (Fsp3) is 0.333. The highest BCUT2D eigenvalue weighted by Crippen LogP contribution is 2.24. The maximum absolute atomic E-state index is 12.1. The molecular weight excluding hydrogens is 254 g/mol. The van der Waals surface area contributed by atoms with Crippen LogP contribution in [-0.2, 0) is 18.3 Å². The molecule has 5 heteroatoms. The molecule has 0 aliphatic rings. The van der Waals surface area contributed by atoms with E-state index in [0.717, 1.165) is 5.82 Å². The Morgan fingerprint density at radius 1 is 1.40 bits per heavy atom. The first kappa shape index (κ1) is 14.1. The number of ether oxygens (including phenoxy) is 1. The van der Waals surface area contributed by atoms with Crippen molar-refractivity contribution in [2.75, 3.05) is 5.32 Å². The third kappa shape index (κ3) is 3.60. The van der Waals surface area contributed by atoms with Crippen LogP contribution in [0.1, 0.15) is 19.7 Å². The first-order chi connectivity index (χ1) is 9.56. The number of nitrogens with one attached hydrogen (secondary N) is 1. The van der Waals surface area contributed by atoms with Gasteiger partial charge in [-0.25, -0.2) is 4.98 Å². The molecule has 20 heavy (non-hydrogen) atoms. The van der Waals surface area contributed by atoms with Gasteiger partial charge in [0.1, 0.15) is 11.6 Å². The molecule has 0 saturated carbocycles. The predicted octanol–water partition coefficient (Wildman–Crippen LogP) is 2.39. The molecule has 5 nitrogen and oxygen atoms in total. The molecule has 2 rings (SSSR count). The van der Waals surface area contributed by atoms with Gasteiger partial charge in [0, 0.05) is 19.4 Å². The second-order valence-corrected chi connectivity index (χ2v) is 4.84. The number of amides is 1. The number of aromatic nitrogens is 2. The fourth-order valence-electron chi connectivity index (χ4n) is 1.83. The maximum Gasteiger partial charge on any atom is 0.232 e. The smallest absolute Gasteiger partial charge is 0.232 e. The van der Waals surface area contributed by atoms with Crippen molar-refractivity contribution in [1.29, 1.82) is 0 Å². The minimum absolute atomic E-state index is 0.0580. The molecule has 1 N–H and O–H groups in total. The summed E-state index contributed by atoms with van der Waals surface area (Å²) in [6.45, 7) is 3.90. The number of carbonyl (C=O) groups excluding carboxylic acids is 1. The Morgan fingerprint density at radius 3 is 2.80 bits per heavy atom. The molecule has 1 aromatic heterocycles. The Hall–Kier alpha value is -2.30. The molecular formula is C15H19N3O2. The maximum atomic E-state index is 12.1. The van der Waals surface area contributed by atoms with E-state index in [2.05, 4.69) is 10.3 Å². The summed E-state index contributed by atoms with van der Waals surface area (Å²) in [6, 6.07) is 7.42. The average molecular weight is 273 g/mol. The number of nitrogens with zero attached hydrogens (tertiary/aromatic N) is 2. The first-order valence-electron chi connectivity index (χ1n) is 6.58. The van der Waals surface area contributed by atoms with Gasteiger partial charge in [-0.3, -0.25) is 4.79 Å². The van der Waals surface area contributed by atoms with Crippen LogP contribution in [0.3, 0.4) is 0 Å². The molecule has 0 unspecified atom stereocenters. The minimum Gasteiger partial charge on any atom is -0.489 e. The van der Waals surface area contributed by atoms with Gasteiger partial charge in [0.15, 0.2) is 0 Å². The molecule has 0 aliphatic heterocycles. The molecule has 0 atom stereocenters. The van der Waals surface area contributed by atoms with Crippen molar-refractivity contribution in [3.8, 4) is 5.75 Å². The highest BCUT2D eigenvalue weighted by molar-refractivity contribution is 5.93. The Kier molecular flexibility index (Phi) is 4.40. The van der Waals surface area contributed by atoms with Crippen molar-refractivity contribution in [2.45, 2.75) is 26.4 Å². The van der Waals surface area contributed by atoms with E-state index in [4.69, 9.17) is 4.74 Å². The lowest BCUT2D eigenvalue weighted by molar-refractivity contribution is -0.115. The van der Waals surface area contributed by atoms with Crippen LogP contribution >= 0.6 is 0 Å². The van der Waals surface area contributed by atoms with Crippen LogP contribution < -0.4 is 10.1 Å². The molecule has 1 aromatic carbocycles. The monoisotopic (exact) mass is 273 g/mol. The summed E-state index contributed by atoms with van der Waals surface area (Å²) in [6.07, 6.45) is 3.79. The van der Waals surface area contributed by atoms with Gasteiger partial charge in [0.05, 0.1) is 18.2 Å². The van der Waals surface area contributed by atoms with Gasteiger partial charge in [-0.15, -0.1) is 0 Å². The van der Waals surface area contributed by atoms with Crippen molar-refractivity contribution in [1.82, 2.24) is 9.55 Å². The number of aryl methyl sites for hydroxylation is 1. The topological polar surface area (TPSA) is 56.1 Å². The van der Waals surface area contributed by atoms with E-state index in [0.29, 0.717) is 11.4 Å². The number of hydrogen-bond donors (Lipinski definition) is 1. The molecule has 0 saturated heterocycles. The van der Waals surface area contributed by atoms with Crippen LogP contribution in [0.4, 0.5) is 5.69 Å². The molecule has 0 radical (unpaired) electrons. The van der Waals surface area contributed by atoms with Crippen molar-refractivity contribution in [3.05, 3.63) is 42.5 Å². The van der Waals surface area contributed by atoms with Crippen molar-refractivity contribution >= 4 is 11.6 Å². The fourth-order valence-corrected chi connectivity index (χ4v) is 1.83. The number of rotatable bonds is 5. The minimum atomic E-state index is -0.112. The normalized spacial score (nSPS) is 10.6. The largest absolute Gasteiger partial charge is 0.489 e. The summed E-state index contributed by atoms with van der Waals surface area (Å²) in [4.78, 5) is 16.2. The molecule has 0 aliphatic carbocycles. The lowest BCUT2D eigenvalue weighted by Crippen LogP contribution is -2.18. The van der Waals surface area contributed by atoms with E-state index < -0.39 is 0 Å². The first-order valence-corrected chi connectivity index (χ1v) is 6.58. The van der Waals surface area contributed by atoms with Crippen LogP contribution in [0.2, 0.25) is 0 Å². The Morgan fingerprint density at radius 2 is 2.15 bits per heavy atom. The second-order valence-electron chi connectivity index (χ2n) is 4.84. The van der Waals surface area contributed by atoms with E-state index in [-0.39, 0.29) is 18.4 Å². The summed E-state index contributed by atoms with van der Waals surface area (Å²) in [7, 11) is 1.87. The standard InChI is InChI=1S/C15H19N3O2/c1-11(2)20-13-7-5-4-6-12(13)17-15(19)10-14-16-8-9-18(14)3/h4-9,11H,10H2,1-3H3,(H,17,19). The second kappa shape index (κ2) is 6.23. The lowest BCUT2D eigenvalue weighted by Gasteiger charge is -2.14. The SMILES string of the molecule is CC(C)Oc1ccccc1NC(=O)Cc1nccn1C. The number of carbonyl (C=O) groups is 1. The summed E-state index contributed by atoms with van der Waals surface area (Å²) in [5.74, 6) is 1.29. The van der Waals surface area contributed by atoms with Crippen LogP contribution in [0.25, 0.3) is 0 Å². The quantitative estimate of drug-likeness (QED) is 0.910. The summed E-state index contributed by atoms with van der Waals surface area (Å²) >= 11 is 0. The average Bonchev–Trinajstić information content (AvgIpc) is 2.77. The zero-order valence-corrected chi connectivity index (χ0v) is 12.0. The van der Waals surface area contributed by atoms with Gasteiger partial charge in [0.25, 0.3) is 0 Å². The van der Waals surface area contributed by atoms with Gasteiger partial charge in [-0.1, -0.05) is 12.1 Å². The number of imidazole rings is 1. The number of anilines is 1. The zero-order valence-electron chi connectivity index (χ0n) is 12.0. The van der Waals surface area contributed by atoms with Gasteiger partial charge in [0.2, 0.25) is 5.91 Å². The van der Waals surface area contributed by atoms with E-state index in [1.165, 1.54) is 0 Å². The number of para-hydroxylation sites is 2. The number of hydrogen-bond acceptors (Lipinski definition) is 3. The van der Waals surface area contributed by atoms with Crippen LogP contribution in [0, 0.1) is 0 Å². The third-order valence-corrected chi connectivity index (χ3v) is 2.76. The van der Waals surface area contributed by atoms with Crippen LogP contribution in [0.15, 0.2) is 36.7 Å². The summed E-state index contributed by atoms with van der Waals surface area (Å²) in [5.41, 5.74) is 0.681. The highest BCUT2D eigenvalue weighted by Gasteiger charge is 2.11. The molecule has 0 fully saturated rings. The third-order valence-electron chi connectivity index (χ3n) is 2.76. The Labute approximate surface area is 118 Å². The lowest BCUT2D eigenvalue weighted by atomic mass is 10.2. The van der Waals surface area contributed by atoms with E-state index in [9.17, 15) is 4.79 Å². The van der Waals surface area contributed by atoms with Gasteiger partial charge < -0.3 is 14.6 Å². The highest BCUT2D eigenvalue weighted by atomic mass is 16.5. The molecule has 2 aromatic rings. The van der Waals surface area contributed by atoms with Crippen LogP contribution in [-0.4, -0.2) is 21.6 Å². The number of benzene rings is 1. The Bertz CT molecular complexity index is 590. The molecule has 1 amide bonds. The predicted molar refractivity (Wildman–Crippen MR) is 77.7 cm³/mol. The van der Waals surface area contributed by atoms with Crippen molar-refractivity contribution in [3.63, 3.8) is 0 Å². The zero-order chi connectivity index (χ0) is 14.5. The van der Waals surface area contributed by atoms with Crippen molar-refractivity contribution < 1.29 is 9.53 Å². The molecule has 0 spiro atoms.